The number of aryl methyl sites for hydroxylation is 1. The number of nitrogens with one attached hydrogen (secondary N) is 1. The Kier molecular flexibility index (Phi) is 4.68. The quantitative estimate of drug-likeness (QED) is 0.818. The van der Waals surface area contributed by atoms with Gasteiger partial charge in [-0.25, -0.2) is 0 Å². The molecule has 2 N–H and O–H groups in total. The number of hydrogen-bond donors (Lipinski definition) is 2. The molecule has 100 valence electrons. The molecule has 2 nitrogen and oxygen atoms in total. The molecule has 0 radical (unpaired) electrons. The normalized spacial score (nSPS) is 19.3. The maximum atomic E-state index is 10.6. The lowest BCUT2D eigenvalue weighted by Crippen LogP contribution is -2.36. The molecule has 0 heterocycles. The fourth-order valence-corrected chi connectivity index (χ4v) is 2.83. The van der Waals surface area contributed by atoms with Gasteiger partial charge in [0.25, 0.3) is 0 Å². The van der Waals surface area contributed by atoms with Gasteiger partial charge in [-0.15, -0.1) is 0 Å². The molecule has 0 unspecified atom stereocenters. The van der Waals surface area contributed by atoms with Crippen molar-refractivity contribution >= 4 is 21.6 Å². The van der Waals surface area contributed by atoms with Crippen LogP contribution in [0.5, 0.6) is 0 Å². The summed E-state index contributed by atoms with van der Waals surface area (Å²) in [5.74, 6) is 0. The number of aliphatic hydroxyl groups is 1. The molecule has 0 spiro atoms. The van der Waals surface area contributed by atoms with Crippen LogP contribution >= 0.6 is 15.9 Å². The molecule has 1 aliphatic carbocycles. The van der Waals surface area contributed by atoms with Crippen LogP contribution in [0.2, 0.25) is 0 Å². The maximum absolute atomic E-state index is 10.6. The van der Waals surface area contributed by atoms with E-state index in [1.54, 1.807) is 0 Å². The molecule has 0 aliphatic heterocycles. The van der Waals surface area contributed by atoms with Gasteiger partial charge in [-0.3, -0.25) is 0 Å². The fourth-order valence-electron chi connectivity index (χ4n) is 2.58. The van der Waals surface area contributed by atoms with Gasteiger partial charge in [-0.1, -0.05) is 41.6 Å². The fraction of sp³-hybridized carbons (Fsp3) is 0.600. The maximum Gasteiger partial charge on any atom is 0.0819 e. The minimum Gasteiger partial charge on any atom is -0.388 e. The van der Waals surface area contributed by atoms with E-state index in [9.17, 15) is 5.11 Å². The Hall–Kier alpha value is -0.540. The highest BCUT2D eigenvalue weighted by Crippen LogP contribution is 2.28. The van der Waals surface area contributed by atoms with E-state index < -0.39 is 5.60 Å². The Balaban J connectivity index is 1.95. The van der Waals surface area contributed by atoms with Crippen LogP contribution in [0.4, 0.5) is 5.69 Å². The molecular formula is C15H22BrNO. The summed E-state index contributed by atoms with van der Waals surface area (Å²) in [5, 5.41) is 13.9. The summed E-state index contributed by atoms with van der Waals surface area (Å²) in [6.45, 7) is 2.74. The van der Waals surface area contributed by atoms with Crippen molar-refractivity contribution in [2.45, 2.75) is 51.0 Å². The molecule has 0 atom stereocenters. The van der Waals surface area contributed by atoms with Crippen molar-refractivity contribution in [1.29, 1.82) is 0 Å². The summed E-state index contributed by atoms with van der Waals surface area (Å²) in [6.07, 6.45) is 6.68. The van der Waals surface area contributed by atoms with Crippen molar-refractivity contribution in [1.82, 2.24) is 0 Å². The SMILES string of the molecule is Cc1cc(NCC2(O)CCCCCC2)ccc1Br. The van der Waals surface area contributed by atoms with E-state index in [-0.39, 0.29) is 0 Å². The van der Waals surface area contributed by atoms with Crippen LogP contribution in [0.25, 0.3) is 0 Å². The van der Waals surface area contributed by atoms with Gasteiger partial charge in [0, 0.05) is 16.7 Å². The van der Waals surface area contributed by atoms with Crippen LogP contribution < -0.4 is 5.32 Å². The van der Waals surface area contributed by atoms with Gasteiger partial charge in [-0.2, -0.15) is 0 Å². The molecule has 0 saturated heterocycles. The largest absolute Gasteiger partial charge is 0.388 e. The predicted molar refractivity (Wildman–Crippen MR) is 80.0 cm³/mol. The third-order valence-electron chi connectivity index (χ3n) is 3.81. The van der Waals surface area contributed by atoms with Gasteiger partial charge in [0.05, 0.1) is 5.60 Å². The lowest BCUT2D eigenvalue weighted by Gasteiger charge is -2.27. The summed E-state index contributed by atoms with van der Waals surface area (Å²) in [4.78, 5) is 0. The monoisotopic (exact) mass is 311 g/mol. The molecule has 0 aromatic heterocycles. The molecule has 0 bridgehead atoms. The van der Waals surface area contributed by atoms with E-state index in [2.05, 4.69) is 46.4 Å². The second kappa shape index (κ2) is 6.07. The van der Waals surface area contributed by atoms with Crippen molar-refractivity contribution in [3.8, 4) is 0 Å². The van der Waals surface area contributed by atoms with Crippen molar-refractivity contribution in [3.05, 3.63) is 28.2 Å². The summed E-state index contributed by atoms with van der Waals surface area (Å²) in [6, 6.07) is 6.22. The molecule has 2 rings (SSSR count). The van der Waals surface area contributed by atoms with Gasteiger partial charge in [0.15, 0.2) is 0 Å². The number of rotatable bonds is 3. The third kappa shape index (κ3) is 3.72. The Morgan fingerprint density at radius 2 is 1.89 bits per heavy atom. The van der Waals surface area contributed by atoms with Gasteiger partial charge >= 0.3 is 0 Å². The van der Waals surface area contributed by atoms with Gasteiger partial charge in [0.2, 0.25) is 0 Å². The van der Waals surface area contributed by atoms with Crippen molar-refractivity contribution < 1.29 is 5.11 Å². The Morgan fingerprint density at radius 1 is 1.22 bits per heavy atom. The number of benzene rings is 1. The first-order valence-corrected chi connectivity index (χ1v) is 7.61. The van der Waals surface area contributed by atoms with E-state index in [0.717, 1.165) is 35.8 Å². The van der Waals surface area contributed by atoms with E-state index in [1.807, 2.05) is 0 Å². The minimum atomic E-state index is -0.516. The van der Waals surface area contributed by atoms with Crippen LogP contribution in [0, 0.1) is 6.92 Å². The zero-order valence-corrected chi connectivity index (χ0v) is 12.6. The predicted octanol–water partition coefficient (Wildman–Crippen LogP) is 4.25. The Morgan fingerprint density at radius 3 is 2.50 bits per heavy atom. The van der Waals surface area contributed by atoms with E-state index in [1.165, 1.54) is 18.4 Å². The van der Waals surface area contributed by atoms with Crippen LogP contribution in [-0.4, -0.2) is 17.3 Å². The highest BCUT2D eigenvalue weighted by Gasteiger charge is 2.27. The van der Waals surface area contributed by atoms with Crippen molar-refractivity contribution in [2.24, 2.45) is 0 Å². The Bertz CT molecular complexity index is 397. The molecule has 0 amide bonds. The molecule has 1 saturated carbocycles. The first-order chi connectivity index (χ1) is 8.59. The zero-order chi connectivity index (χ0) is 13.0. The van der Waals surface area contributed by atoms with Crippen molar-refractivity contribution in [3.63, 3.8) is 0 Å². The number of anilines is 1. The smallest absolute Gasteiger partial charge is 0.0819 e. The molecule has 1 aromatic rings. The summed E-state index contributed by atoms with van der Waals surface area (Å²) in [5.41, 5.74) is 1.79. The van der Waals surface area contributed by atoms with Crippen LogP contribution in [0.1, 0.15) is 44.1 Å². The lowest BCUT2D eigenvalue weighted by atomic mass is 9.94. The molecule has 1 fully saturated rings. The number of halogens is 1. The standard InChI is InChI=1S/C15H22BrNO/c1-12-10-13(6-7-14(12)16)17-11-15(18)8-4-2-3-5-9-15/h6-7,10,17-18H,2-5,8-9,11H2,1H3. The first-order valence-electron chi connectivity index (χ1n) is 6.81. The van der Waals surface area contributed by atoms with Crippen LogP contribution in [-0.2, 0) is 0 Å². The van der Waals surface area contributed by atoms with E-state index in [4.69, 9.17) is 0 Å². The van der Waals surface area contributed by atoms with E-state index in [0.29, 0.717) is 6.54 Å². The molecule has 18 heavy (non-hydrogen) atoms. The van der Waals surface area contributed by atoms with E-state index >= 15 is 0 Å². The molecular weight excluding hydrogens is 290 g/mol. The average Bonchev–Trinajstić information content (AvgIpc) is 2.56. The van der Waals surface area contributed by atoms with Gasteiger partial charge in [-0.05, 0) is 43.5 Å². The highest BCUT2D eigenvalue weighted by atomic mass is 79.9. The summed E-state index contributed by atoms with van der Waals surface area (Å²) >= 11 is 3.50. The summed E-state index contributed by atoms with van der Waals surface area (Å²) in [7, 11) is 0. The number of hydrogen-bond acceptors (Lipinski definition) is 2. The summed E-state index contributed by atoms with van der Waals surface area (Å²) < 4.78 is 1.13. The second-order valence-corrected chi connectivity index (χ2v) is 6.31. The minimum absolute atomic E-state index is 0.516. The zero-order valence-electron chi connectivity index (χ0n) is 11.0. The van der Waals surface area contributed by atoms with Crippen LogP contribution in [0.3, 0.4) is 0 Å². The average molecular weight is 312 g/mol. The highest BCUT2D eigenvalue weighted by molar-refractivity contribution is 9.10. The second-order valence-electron chi connectivity index (χ2n) is 5.46. The molecule has 3 heteroatoms. The van der Waals surface area contributed by atoms with Gasteiger partial charge < -0.3 is 10.4 Å². The molecule has 1 aromatic carbocycles. The first kappa shape index (κ1) is 13.9. The topological polar surface area (TPSA) is 32.3 Å². The van der Waals surface area contributed by atoms with Crippen LogP contribution in [0.15, 0.2) is 22.7 Å². The third-order valence-corrected chi connectivity index (χ3v) is 4.70. The van der Waals surface area contributed by atoms with Gasteiger partial charge in [0.1, 0.15) is 0 Å². The lowest BCUT2D eigenvalue weighted by molar-refractivity contribution is 0.0381. The Labute approximate surface area is 118 Å². The molecule has 1 aliphatic rings. The van der Waals surface area contributed by atoms with Crippen molar-refractivity contribution in [2.75, 3.05) is 11.9 Å².